The minimum atomic E-state index is -0.493. The van der Waals surface area contributed by atoms with Gasteiger partial charge >= 0.3 is 0 Å². The second-order valence-electron chi connectivity index (χ2n) is 7.01. The third kappa shape index (κ3) is 4.21. The number of amides is 1. The number of hydrogen-bond acceptors (Lipinski definition) is 6. The fraction of sp³-hybridized carbons (Fsp3) is 0.0833. The third-order valence-electron chi connectivity index (χ3n) is 5.02. The first-order valence-electron chi connectivity index (χ1n) is 9.90. The van der Waals surface area contributed by atoms with Crippen LogP contribution in [-0.4, -0.2) is 40.6 Å². The van der Waals surface area contributed by atoms with Crippen molar-refractivity contribution in [2.75, 3.05) is 19.5 Å². The van der Waals surface area contributed by atoms with Crippen molar-refractivity contribution < 1.29 is 19.1 Å². The summed E-state index contributed by atoms with van der Waals surface area (Å²) in [6.07, 6.45) is 4.28. The Hall–Kier alpha value is -3.88. The topological polar surface area (TPSA) is 95.3 Å². The largest absolute Gasteiger partial charge is 0.495 e. The van der Waals surface area contributed by atoms with Gasteiger partial charge in [0.25, 0.3) is 5.91 Å². The molecule has 4 rings (SSSR count). The summed E-state index contributed by atoms with van der Waals surface area (Å²) < 4.78 is 11.9. The number of ether oxygens (including phenoxy) is 2. The molecule has 0 saturated carbocycles. The van der Waals surface area contributed by atoms with Gasteiger partial charge in [0.15, 0.2) is 5.82 Å². The first-order valence-corrected chi connectivity index (χ1v) is 10.7. The molecule has 4 aromatic rings. The van der Waals surface area contributed by atoms with Gasteiger partial charge in [-0.05, 0) is 24.3 Å². The average Bonchev–Trinajstić information content (AvgIpc) is 3.27. The summed E-state index contributed by atoms with van der Waals surface area (Å²) >= 11 is 12.8. The summed E-state index contributed by atoms with van der Waals surface area (Å²) in [7, 11) is 2.86. The Labute approximate surface area is 204 Å². The van der Waals surface area contributed by atoms with Gasteiger partial charge in [0.1, 0.15) is 11.5 Å². The highest BCUT2D eigenvalue weighted by molar-refractivity contribution is 6.41. The van der Waals surface area contributed by atoms with E-state index in [2.05, 4.69) is 21.9 Å². The zero-order chi connectivity index (χ0) is 24.4. The van der Waals surface area contributed by atoms with Gasteiger partial charge in [-0.25, -0.2) is 9.97 Å². The molecule has 172 valence electrons. The van der Waals surface area contributed by atoms with Crippen molar-refractivity contribution in [3.8, 4) is 22.9 Å². The number of nitrogens with one attached hydrogen (secondary N) is 1. The Balaban J connectivity index is 1.75. The van der Waals surface area contributed by atoms with Crippen molar-refractivity contribution in [3.05, 3.63) is 77.1 Å². The summed E-state index contributed by atoms with van der Waals surface area (Å²) in [4.78, 5) is 34.0. The molecule has 0 radical (unpaired) electrons. The number of benzene rings is 2. The fourth-order valence-electron chi connectivity index (χ4n) is 3.36. The molecule has 0 atom stereocenters. The number of anilines is 1. The van der Waals surface area contributed by atoms with Crippen LogP contribution in [0, 0.1) is 0 Å². The lowest BCUT2D eigenvalue weighted by Crippen LogP contribution is -2.13. The van der Waals surface area contributed by atoms with E-state index in [0.717, 1.165) is 0 Å². The van der Waals surface area contributed by atoms with Crippen LogP contribution in [0.4, 0.5) is 5.69 Å². The number of nitrogens with zero attached hydrogens (tertiary/aromatic N) is 3. The van der Waals surface area contributed by atoms with Gasteiger partial charge in [-0.15, -0.1) is 0 Å². The van der Waals surface area contributed by atoms with E-state index in [1.54, 1.807) is 30.5 Å². The number of rotatable bonds is 6. The number of halogens is 2. The first kappa shape index (κ1) is 23.3. The zero-order valence-corrected chi connectivity index (χ0v) is 19.6. The SMILES string of the molecule is C=CC(=O)Nc1cccc(-c2ncc3c(ccn3C(=O)c3c(Cl)c(OC)cc(OC)c3Cl)n2)c1. The summed E-state index contributed by atoms with van der Waals surface area (Å²) in [6, 6.07) is 10.3. The summed E-state index contributed by atoms with van der Waals surface area (Å²) in [5.74, 6) is 0.115. The van der Waals surface area contributed by atoms with E-state index < -0.39 is 5.91 Å². The van der Waals surface area contributed by atoms with Crippen LogP contribution in [-0.2, 0) is 4.79 Å². The van der Waals surface area contributed by atoms with E-state index in [0.29, 0.717) is 28.1 Å². The van der Waals surface area contributed by atoms with E-state index in [1.807, 2.05) is 6.07 Å². The highest BCUT2D eigenvalue weighted by Crippen LogP contribution is 2.41. The maximum absolute atomic E-state index is 13.4. The normalized spacial score (nSPS) is 10.7. The van der Waals surface area contributed by atoms with Gasteiger partial charge in [-0.3, -0.25) is 14.2 Å². The van der Waals surface area contributed by atoms with Gasteiger partial charge in [0.05, 0.1) is 47.1 Å². The zero-order valence-electron chi connectivity index (χ0n) is 18.1. The molecule has 1 N–H and O–H groups in total. The molecule has 8 nitrogen and oxygen atoms in total. The summed E-state index contributed by atoms with van der Waals surface area (Å²) in [6.45, 7) is 3.44. The van der Waals surface area contributed by atoms with Crippen molar-refractivity contribution >= 4 is 51.7 Å². The second-order valence-corrected chi connectivity index (χ2v) is 7.77. The molecule has 0 fully saturated rings. The van der Waals surface area contributed by atoms with E-state index in [1.165, 1.54) is 37.1 Å². The molecule has 0 saturated heterocycles. The maximum Gasteiger partial charge on any atom is 0.265 e. The predicted octanol–water partition coefficient (Wildman–Crippen LogP) is 5.24. The van der Waals surface area contributed by atoms with Crippen LogP contribution in [0.15, 0.2) is 61.4 Å². The molecule has 0 unspecified atom stereocenters. The van der Waals surface area contributed by atoms with Gasteiger partial charge in [0, 0.05) is 23.5 Å². The molecule has 10 heteroatoms. The van der Waals surface area contributed by atoms with Gasteiger partial charge < -0.3 is 14.8 Å². The smallest absolute Gasteiger partial charge is 0.265 e. The molecule has 0 spiro atoms. The molecule has 2 aromatic carbocycles. The minimum absolute atomic E-state index is 0.0340. The fourth-order valence-corrected chi connectivity index (χ4v) is 4.02. The van der Waals surface area contributed by atoms with Crippen LogP contribution in [0.5, 0.6) is 11.5 Å². The molecular weight excluding hydrogens is 479 g/mol. The first-order chi connectivity index (χ1) is 16.4. The molecule has 0 aliphatic heterocycles. The van der Waals surface area contributed by atoms with Gasteiger partial charge in [-0.2, -0.15) is 0 Å². The highest BCUT2D eigenvalue weighted by Gasteiger charge is 2.25. The summed E-state index contributed by atoms with van der Waals surface area (Å²) in [5, 5.41) is 2.83. The Morgan fingerprint density at radius 1 is 1.09 bits per heavy atom. The molecule has 0 bridgehead atoms. The van der Waals surface area contributed by atoms with Crippen LogP contribution >= 0.6 is 23.2 Å². The lowest BCUT2D eigenvalue weighted by atomic mass is 10.1. The second kappa shape index (κ2) is 9.54. The van der Waals surface area contributed by atoms with Crippen LogP contribution in [0.2, 0.25) is 10.0 Å². The third-order valence-corrected chi connectivity index (χ3v) is 5.77. The van der Waals surface area contributed by atoms with E-state index in [9.17, 15) is 9.59 Å². The highest BCUT2D eigenvalue weighted by atomic mass is 35.5. The molecule has 0 aliphatic rings. The quantitative estimate of drug-likeness (QED) is 0.367. The van der Waals surface area contributed by atoms with Gasteiger partial charge in [0.2, 0.25) is 5.91 Å². The van der Waals surface area contributed by atoms with Crippen LogP contribution in [0.1, 0.15) is 10.4 Å². The number of carbonyl (C=O) groups excluding carboxylic acids is 2. The molecular formula is C24H18Cl2N4O4. The van der Waals surface area contributed by atoms with E-state index in [4.69, 9.17) is 32.7 Å². The lowest BCUT2D eigenvalue weighted by molar-refractivity contribution is -0.111. The number of methoxy groups -OCH3 is 2. The summed E-state index contributed by atoms with van der Waals surface area (Å²) in [5.41, 5.74) is 2.29. The maximum atomic E-state index is 13.4. The van der Waals surface area contributed by atoms with Crippen molar-refractivity contribution in [2.45, 2.75) is 0 Å². The molecule has 1 amide bonds. The van der Waals surface area contributed by atoms with Crippen molar-refractivity contribution in [1.82, 2.24) is 14.5 Å². The predicted molar refractivity (Wildman–Crippen MR) is 131 cm³/mol. The number of carbonyl (C=O) groups is 2. The van der Waals surface area contributed by atoms with Crippen LogP contribution < -0.4 is 14.8 Å². The minimum Gasteiger partial charge on any atom is -0.495 e. The molecule has 34 heavy (non-hydrogen) atoms. The molecule has 2 aromatic heterocycles. The number of aromatic nitrogens is 3. The van der Waals surface area contributed by atoms with Crippen molar-refractivity contribution in [1.29, 1.82) is 0 Å². The Bertz CT molecular complexity index is 1420. The average molecular weight is 497 g/mol. The molecule has 0 aliphatic carbocycles. The van der Waals surface area contributed by atoms with Crippen LogP contribution in [0.25, 0.3) is 22.4 Å². The van der Waals surface area contributed by atoms with E-state index >= 15 is 0 Å². The Kier molecular flexibility index (Phi) is 6.54. The lowest BCUT2D eigenvalue weighted by Gasteiger charge is -2.14. The van der Waals surface area contributed by atoms with Crippen molar-refractivity contribution in [3.63, 3.8) is 0 Å². The monoisotopic (exact) mass is 496 g/mol. The number of hydrogen-bond donors (Lipinski definition) is 1. The van der Waals surface area contributed by atoms with Crippen LogP contribution in [0.3, 0.4) is 0 Å². The standard InChI is InChI=1S/C24H18Cl2N4O4/c1-4-19(31)28-14-7-5-6-13(10-14)23-27-12-16-15(29-23)8-9-30(16)24(32)20-21(25)17(33-2)11-18(34-3)22(20)26/h4-12H,1H2,2-3H3,(H,28,31). The number of fused-ring (bicyclic) bond motifs is 1. The molecule has 2 heterocycles. The van der Waals surface area contributed by atoms with Crippen molar-refractivity contribution in [2.24, 2.45) is 0 Å². The Morgan fingerprint density at radius 2 is 1.79 bits per heavy atom. The van der Waals surface area contributed by atoms with Gasteiger partial charge in [-0.1, -0.05) is 41.9 Å². The van der Waals surface area contributed by atoms with E-state index in [-0.39, 0.29) is 33.0 Å². The Morgan fingerprint density at radius 3 is 2.44 bits per heavy atom.